The molecule has 3 aromatic heterocycles. The maximum absolute atomic E-state index is 12.8. The fraction of sp³-hybridized carbons (Fsp3) is 0.233. The van der Waals surface area contributed by atoms with Crippen molar-refractivity contribution in [3.8, 4) is 16.9 Å². The summed E-state index contributed by atoms with van der Waals surface area (Å²) >= 11 is 0. The number of pyridine rings is 1. The third-order valence-corrected chi connectivity index (χ3v) is 7.28. The van der Waals surface area contributed by atoms with E-state index in [-0.39, 0.29) is 18.0 Å². The van der Waals surface area contributed by atoms with Gasteiger partial charge >= 0.3 is 6.03 Å². The summed E-state index contributed by atoms with van der Waals surface area (Å²) in [6.07, 6.45) is 9.13. The highest BCUT2D eigenvalue weighted by molar-refractivity contribution is 5.89. The molecule has 2 atom stereocenters. The van der Waals surface area contributed by atoms with Gasteiger partial charge in [0.05, 0.1) is 11.0 Å². The number of imidazole rings is 1. The number of nitrogens with one attached hydrogen (secondary N) is 2. The number of fused-ring (bicyclic) bond motifs is 1. The monoisotopic (exact) mass is 518 g/mol. The predicted octanol–water partition coefficient (Wildman–Crippen LogP) is 5.62. The largest absolute Gasteiger partial charge is 0.351 e. The van der Waals surface area contributed by atoms with Crippen LogP contribution in [0.5, 0.6) is 0 Å². The van der Waals surface area contributed by atoms with Gasteiger partial charge in [-0.25, -0.2) is 14.8 Å². The van der Waals surface area contributed by atoms with E-state index in [9.17, 15) is 4.79 Å². The van der Waals surface area contributed by atoms with Crippen LogP contribution in [0, 0.1) is 5.92 Å². The van der Waals surface area contributed by atoms with Gasteiger partial charge in [-0.3, -0.25) is 9.55 Å². The lowest BCUT2D eigenvalue weighted by molar-refractivity contribution is 0.172. The summed E-state index contributed by atoms with van der Waals surface area (Å²) in [4.78, 5) is 32.7. The maximum Gasteiger partial charge on any atom is 0.321 e. The first-order valence-electron chi connectivity index (χ1n) is 13.2. The molecule has 6 rings (SSSR count). The first-order chi connectivity index (χ1) is 19.1. The lowest BCUT2D eigenvalue weighted by Gasteiger charge is -2.36. The fourth-order valence-electron chi connectivity index (χ4n) is 5.12. The minimum Gasteiger partial charge on any atom is -0.351 e. The van der Waals surface area contributed by atoms with Gasteiger partial charge in [0.2, 0.25) is 5.95 Å². The van der Waals surface area contributed by atoms with E-state index in [0.29, 0.717) is 12.5 Å². The van der Waals surface area contributed by atoms with Crippen molar-refractivity contribution in [2.45, 2.75) is 25.8 Å². The standard InChI is InChI=1S/C30H30N8O/c1-21(24-6-5-17-37(19-24)30(39)35-25-7-3-2-4-8-25)34-29-32-16-13-28(36-29)38-20-33-26-18-23(9-10-27(26)38)22-11-14-31-15-12-22/h2-4,7-16,18,20-21,24H,5-6,17,19H2,1H3,(H,35,39)(H,32,34,36). The van der Waals surface area contributed by atoms with Gasteiger partial charge in [-0.1, -0.05) is 24.3 Å². The Labute approximate surface area is 227 Å². The Morgan fingerprint density at radius 1 is 0.974 bits per heavy atom. The number of hydrogen-bond acceptors (Lipinski definition) is 6. The summed E-state index contributed by atoms with van der Waals surface area (Å²) in [6.45, 7) is 3.56. The highest BCUT2D eigenvalue weighted by Gasteiger charge is 2.28. The summed E-state index contributed by atoms with van der Waals surface area (Å²) in [5, 5.41) is 6.48. The molecule has 0 saturated carbocycles. The van der Waals surface area contributed by atoms with Crippen LogP contribution in [0.3, 0.4) is 0 Å². The highest BCUT2D eigenvalue weighted by Crippen LogP contribution is 2.26. The average Bonchev–Trinajstić information content (AvgIpc) is 3.42. The third kappa shape index (κ3) is 5.43. The number of likely N-dealkylation sites (tertiary alicyclic amines) is 1. The minimum atomic E-state index is -0.0598. The van der Waals surface area contributed by atoms with E-state index in [4.69, 9.17) is 4.98 Å². The minimum absolute atomic E-state index is 0.0598. The quantitative estimate of drug-likeness (QED) is 0.303. The summed E-state index contributed by atoms with van der Waals surface area (Å²) in [5.41, 5.74) is 4.86. The maximum atomic E-state index is 12.8. The molecule has 1 aliphatic rings. The Morgan fingerprint density at radius 3 is 2.67 bits per heavy atom. The SMILES string of the molecule is CC(Nc1nccc(-n2cnc3cc(-c4ccncc4)ccc32)n1)C1CCCN(C(=O)Nc2ccccc2)C1. The smallest absolute Gasteiger partial charge is 0.321 e. The summed E-state index contributed by atoms with van der Waals surface area (Å²) in [6, 6.07) is 21.7. The van der Waals surface area contributed by atoms with Crippen LogP contribution < -0.4 is 10.6 Å². The van der Waals surface area contributed by atoms with Crippen molar-refractivity contribution in [2.75, 3.05) is 23.7 Å². The van der Waals surface area contributed by atoms with Gasteiger partial charge in [-0.2, -0.15) is 4.98 Å². The number of piperidine rings is 1. The Morgan fingerprint density at radius 2 is 1.82 bits per heavy atom. The van der Waals surface area contributed by atoms with Crippen molar-refractivity contribution >= 4 is 28.7 Å². The first kappa shape index (κ1) is 24.5. The predicted molar refractivity (Wildman–Crippen MR) is 153 cm³/mol. The Hall–Kier alpha value is -4.79. The molecule has 0 spiro atoms. The molecular weight excluding hydrogens is 488 g/mol. The van der Waals surface area contributed by atoms with Crippen LogP contribution in [0.15, 0.2) is 91.6 Å². The number of anilines is 2. The van der Waals surface area contributed by atoms with Crippen LogP contribution >= 0.6 is 0 Å². The molecule has 39 heavy (non-hydrogen) atoms. The number of urea groups is 1. The van der Waals surface area contributed by atoms with Crippen LogP contribution in [-0.2, 0) is 0 Å². The molecule has 5 aromatic rings. The second-order valence-electron chi connectivity index (χ2n) is 9.87. The molecule has 9 heteroatoms. The molecule has 2 N–H and O–H groups in total. The van der Waals surface area contributed by atoms with Gasteiger partial charge in [-0.15, -0.1) is 0 Å². The van der Waals surface area contributed by atoms with Crippen LogP contribution in [0.1, 0.15) is 19.8 Å². The Bertz CT molecular complexity index is 1570. The number of carbonyl (C=O) groups excluding carboxylic acids is 1. The first-order valence-corrected chi connectivity index (χ1v) is 13.2. The molecule has 9 nitrogen and oxygen atoms in total. The van der Waals surface area contributed by atoms with Gasteiger partial charge in [0.15, 0.2) is 0 Å². The van der Waals surface area contributed by atoms with Crippen LogP contribution in [0.25, 0.3) is 28.0 Å². The van der Waals surface area contributed by atoms with Gasteiger partial charge < -0.3 is 15.5 Å². The summed E-state index contributed by atoms with van der Waals surface area (Å²) in [7, 11) is 0. The van der Waals surface area contributed by atoms with E-state index in [2.05, 4.69) is 50.7 Å². The number of nitrogens with zero attached hydrogens (tertiary/aromatic N) is 6. The number of hydrogen-bond donors (Lipinski definition) is 2. The Balaban J connectivity index is 1.14. The van der Waals surface area contributed by atoms with Gasteiger partial charge in [0.25, 0.3) is 0 Å². The number of para-hydroxylation sites is 1. The molecule has 1 fully saturated rings. The van der Waals surface area contributed by atoms with Crippen LogP contribution in [0.2, 0.25) is 0 Å². The van der Waals surface area contributed by atoms with Crippen molar-refractivity contribution in [3.63, 3.8) is 0 Å². The van der Waals surface area contributed by atoms with Crippen LogP contribution in [-0.4, -0.2) is 54.6 Å². The van der Waals surface area contributed by atoms with E-state index >= 15 is 0 Å². The number of aromatic nitrogens is 5. The molecule has 2 unspecified atom stereocenters. The number of carbonyl (C=O) groups is 1. The molecule has 0 bridgehead atoms. The zero-order valence-corrected chi connectivity index (χ0v) is 21.7. The van der Waals surface area contributed by atoms with Gasteiger partial charge in [-0.05, 0) is 79.3 Å². The average molecular weight is 519 g/mol. The molecule has 0 radical (unpaired) electrons. The van der Waals surface area contributed by atoms with Crippen molar-refractivity contribution < 1.29 is 4.79 Å². The summed E-state index contributed by atoms with van der Waals surface area (Å²) in [5.74, 6) is 1.58. The highest BCUT2D eigenvalue weighted by atomic mass is 16.2. The normalized spacial score (nSPS) is 16.1. The Kier molecular flexibility index (Phi) is 6.86. The van der Waals surface area contributed by atoms with Crippen molar-refractivity contribution in [1.29, 1.82) is 0 Å². The van der Waals surface area contributed by atoms with E-state index in [1.54, 1.807) is 24.9 Å². The van der Waals surface area contributed by atoms with Crippen molar-refractivity contribution in [2.24, 2.45) is 5.92 Å². The molecule has 1 saturated heterocycles. The van der Waals surface area contributed by atoms with Gasteiger partial charge in [0, 0.05) is 43.4 Å². The van der Waals surface area contributed by atoms with Crippen molar-refractivity contribution in [1.82, 2.24) is 29.4 Å². The van der Waals surface area contributed by atoms with E-state index < -0.39 is 0 Å². The molecule has 4 heterocycles. The van der Waals surface area contributed by atoms with Crippen molar-refractivity contribution in [3.05, 3.63) is 91.6 Å². The molecular formula is C30H30N8O. The fourth-order valence-corrected chi connectivity index (χ4v) is 5.12. The zero-order chi connectivity index (χ0) is 26.6. The molecule has 196 valence electrons. The zero-order valence-electron chi connectivity index (χ0n) is 21.7. The summed E-state index contributed by atoms with van der Waals surface area (Å²) < 4.78 is 1.97. The van der Waals surface area contributed by atoms with Gasteiger partial charge in [0.1, 0.15) is 12.1 Å². The lowest BCUT2D eigenvalue weighted by atomic mass is 9.92. The lowest BCUT2D eigenvalue weighted by Crippen LogP contribution is -2.46. The molecule has 0 aliphatic carbocycles. The number of rotatable bonds is 6. The topological polar surface area (TPSA) is 101 Å². The molecule has 2 amide bonds. The number of benzene rings is 2. The second-order valence-corrected chi connectivity index (χ2v) is 9.87. The number of amides is 2. The molecule has 2 aromatic carbocycles. The van der Waals surface area contributed by atoms with Crippen LogP contribution in [0.4, 0.5) is 16.4 Å². The van der Waals surface area contributed by atoms with E-state index in [0.717, 1.165) is 53.1 Å². The van der Waals surface area contributed by atoms with E-state index in [1.807, 2.05) is 58.0 Å². The van der Waals surface area contributed by atoms with E-state index in [1.165, 1.54) is 0 Å². The third-order valence-electron chi connectivity index (χ3n) is 7.28. The second kappa shape index (κ2) is 10.9. The molecule has 1 aliphatic heterocycles.